The van der Waals surface area contributed by atoms with Gasteiger partial charge < -0.3 is 14.0 Å². The van der Waals surface area contributed by atoms with E-state index < -0.39 is 0 Å². The molecule has 2 aromatic rings. The van der Waals surface area contributed by atoms with Gasteiger partial charge in [0.25, 0.3) is 0 Å². The molecule has 0 unspecified atom stereocenters. The molecule has 20 heavy (non-hydrogen) atoms. The Balaban J connectivity index is 2.21. The van der Waals surface area contributed by atoms with E-state index in [-0.39, 0.29) is 0 Å². The third-order valence-electron chi connectivity index (χ3n) is 3.51. The topological polar surface area (TPSA) is 36.3 Å². The molecule has 1 aromatic carbocycles. The lowest BCUT2D eigenvalue weighted by molar-refractivity contribution is 0.398. The van der Waals surface area contributed by atoms with E-state index in [2.05, 4.69) is 25.5 Å². The van der Waals surface area contributed by atoms with Crippen molar-refractivity contribution in [3.63, 3.8) is 0 Å². The monoisotopic (exact) mass is 338 g/mol. The van der Waals surface area contributed by atoms with Crippen molar-refractivity contribution < 1.29 is 9.47 Å². The fourth-order valence-electron chi connectivity index (χ4n) is 2.22. The second kappa shape index (κ2) is 6.31. The van der Waals surface area contributed by atoms with Crippen molar-refractivity contribution in [1.29, 1.82) is 0 Å². The van der Waals surface area contributed by atoms with E-state index >= 15 is 0 Å². The van der Waals surface area contributed by atoms with Gasteiger partial charge in [-0.15, -0.1) is 0 Å². The summed E-state index contributed by atoms with van der Waals surface area (Å²) in [7, 11) is 5.40. The van der Waals surface area contributed by atoms with Crippen molar-refractivity contribution in [2.24, 2.45) is 7.05 Å². The number of aromatic nitrogens is 2. The van der Waals surface area contributed by atoms with Gasteiger partial charge in [-0.2, -0.15) is 0 Å². The van der Waals surface area contributed by atoms with Crippen LogP contribution in [0.1, 0.15) is 17.1 Å². The van der Waals surface area contributed by atoms with Gasteiger partial charge in [-0.05, 0) is 59.5 Å². The maximum Gasteiger partial charge on any atom is 0.127 e. The zero-order chi connectivity index (χ0) is 14.7. The number of benzene rings is 1. The molecule has 0 saturated heterocycles. The lowest BCUT2D eigenvalue weighted by Crippen LogP contribution is -2.02. The predicted octanol–water partition coefficient (Wildman–Crippen LogP) is 3.29. The van der Waals surface area contributed by atoms with Crippen LogP contribution in [-0.4, -0.2) is 23.8 Å². The number of hydrogen-bond donors (Lipinski definition) is 0. The van der Waals surface area contributed by atoms with Crippen molar-refractivity contribution in [2.45, 2.75) is 19.8 Å². The summed E-state index contributed by atoms with van der Waals surface area (Å²) < 4.78 is 13.7. The lowest BCUT2D eigenvalue weighted by atomic mass is 10.1. The van der Waals surface area contributed by atoms with E-state index in [4.69, 9.17) is 9.47 Å². The Morgan fingerprint density at radius 1 is 1.20 bits per heavy atom. The standard InChI is InChI=1S/C15H19BrN2O2/c1-10-17-15(16)13(18(10)2)7-5-11-9-12(19-3)6-8-14(11)20-4/h6,8-9H,5,7H2,1-4H3. The van der Waals surface area contributed by atoms with Crippen LogP contribution in [0.3, 0.4) is 0 Å². The molecule has 0 aliphatic carbocycles. The highest BCUT2D eigenvalue weighted by Crippen LogP contribution is 2.26. The van der Waals surface area contributed by atoms with E-state index in [1.807, 2.05) is 32.2 Å². The number of halogens is 1. The first-order chi connectivity index (χ1) is 9.56. The summed E-state index contributed by atoms with van der Waals surface area (Å²) in [5.74, 6) is 2.74. The molecule has 1 heterocycles. The summed E-state index contributed by atoms with van der Waals surface area (Å²) in [4.78, 5) is 4.42. The molecule has 0 bridgehead atoms. The predicted molar refractivity (Wildman–Crippen MR) is 82.6 cm³/mol. The molecule has 2 rings (SSSR count). The van der Waals surface area contributed by atoms with Crippen molar-refractivity contribution in [2.75, 3.05) is 14.2 Å². The Hall–Kier alpha value is -1.49. The smallest absolute Gasteiger partial charge is 0.127 e. The molecule has 1 aromatic heterocycles. The number of ether oxygens (including phenoxy) is 2. The summed E-state index contributed by atoms with van der Waals surface area (Å²) in [5, 5.41) is 0. The normalized spacial score (nSPS) is 10.7. The second-order valence-electron chi connectivity index (χ2n) is 4.63. The average molecular weight is 339 g/mol. The molecule has 0 amide bonds. The van der Waals surface area contributed by atoms with Crippen LogP contribution >= 0.6 is 15.9 Å². The quantitative estimate of drug-likeness (QED) is 0.839. The highest BCUT2D eigenvalue weighted by Gasteiger charge is 2.12. The van der Waals surface area contributed by atoms with Crippen LogP contribution in [0.2, 0.25) is 0 Å². The van der Waals surface area contributed by atoms with Crippen LogP contribution < -0.4 is 9.47 Å². The molecule has 0 fully saturated rings. The summed E-state index contributed by atoms with van der Waals surface area (Å²) >= 11 is 3.52. The van der Waals surface area contributed by atoms with E-state index in [0.717, 1.165) is 40.3 Å². The fraction of sp³-hybridized carbons (Fsp3) is 0.400. The van der Waals surface area contributed by atoms with Crippen molar-refractivity contribution in [3.8, 4) is 11.5 Å². The van der Waals surface area contributed by atoms with Gasteiger partial charge in [-0.3, -0.25) is 0 Å². The highest BCUT2D eigenvalue weighted by molar-refractivity contribution is 9.10. The Kier molecular flexibility index (Phi) is 4.70. The number of imidazole rings is 1. The molecule has 108 valence electrons. The largest absolute Gasteiger partial charge is 0.497 e. The van der Waals surface area contributed by atoms with Crippen LogP contribution in [0.15, 0.2) is 22.8 Å². The summed E-state index contributed by atoms with van der Waals surface area (Å²) in [6.07, 6.45) is 1.76. The third-order valence-corrected chi connectivity index (χ3v) is 4.14. The molecule has 0 radical (unpaired) electrons. The summed E-state index contributed by atoms with van der Waals surface area (Å²) in [6.45, 7) is 2.00. The molecule has 0 atom stereocenters. The van der Waals surface area contributed by atoms with E-state index in [9.17, 15) is 0 Å². The van der Waals surface area contributed by atoms with Gasteiger partial charge in [-0.25, -0.2) is 4.98 Å². The number of nitrogens with zero attached hydrogens (tertiary/aromatic N) is 2. The van der Waals surface area contributed by atoms with Gasteiger partial charge in [0.1, 0.15) is 21.9 Å². The van der Waals surface area contributed by atoms with Gasteiger partial charge in [0, 0.05) is 7.05 Å². The molecular weight excluding hydrogens is 320 g/mol. The third kappa shape index (κ3) is 2.98. The molecule has 4 nitrogen and oxygen atoms in total. The minimum atomic E-state index is 0.848. The van der Waals surface area contributed by atoms with Gasteiger partial charge in [0.15, 0.2) is 0 Å². The number of methoxy groups -OCH3 is 2. The maximum absolute atomic E-state index is 5.41. The minimum absolute atomic E-state index is 0.848. The van der Waals surface area contributed by atoms with E-state index in [1.165, 1.54) is 5.69 Å². The van der Waals surface area contributed by atoms with Crippen molar-refractivity contribution in [1.82, 2.24) is 9.55 Å². The first kappa shape index (κ1) is 14.9. The van der Waals surface area contributed by atoms with Gasteiger partial charge in [-0.1, -0.05) is 0 Å². The van der Waals surface area contributed by atoms with Crippen LogP contribution in [0, 0.1) is 6.92 Å². The van der Waals surface area contributed by atoms with Gasteiger partial charge >= 0.3 is 0 Å². The number of rotatable bonds is 5. The Morgan fingerprint density at radius 2 is 1.95 bits per heavy atom. The molecule has 0 saturated carbocycles. The first-order valence-corrected chi connectivity index (χ1v) is 7.24. The molecule has 0 aliphatic heterocycles. The average Bonchev–Trinajstić information content (AvgIpc) is 2.70. The number of aryl methyl sites for hydroxylation is 2. The zero-order valence-corrected chi connectivity index (χ0v) is 13.8. The number of hydrogen-bond acceptors (Lipinski definition) is 3. The van der Waals surface area contributed by atoms with Gasteiger partial charge in [0.2, 0.25) is 0 Å². The maximum atomic E-state index is 5.41. The second-order valence-corrected chi connectivity index (χ2v) is 5.38. The zero-order valence-electron chi connectivity index (χ0n) is 12.2. The molecule has 5 heteroatoms. The highest BCUT2D eigenvalue weighted by atomic mass is 79.9. The van der Waals surface area contributed by atoms with E-state index in [0.29, 0.717) is 0 Å². The molecule has 0 N–H and O–H groups in total. The molecular formula is C15H19BrN2O2. The summed E-state index contributed by atoms with van der Waals surface area (Å²) in [5.41, 5.74) is 2.32. The van der Waals surface area contributed by atoms with Gasteiger partial charge in [0.05, 0.1) is 19.9 Å². The van der Waals surface area contributed by atoms with Crippen LogP contribution in [0.5, 0.6) is 11.5 Å². The molecule has 0 spiro atoms. The summed E-state index contributed by atoms with van der Waals surface area (Å²) in [6, 6.07) is 5.88. The Bertz CT molecular complexity index is 608. The molecule has 0 aliphatic rings. The van der Waals surface area contributed by atoms with Crippen molar-refractivity contribution >= 4 is 15.9 Å². The minimum Gasteiger partial charge on any atom is -0.497 e. The Labute approximate surface area is 127 Å². The lowest BCUT2D eigenvalue weighted by Gasteiger charge is -2.11. The van der Waals surface area contributed by atoms with E-state index in [1.54, 1.807) is 14.2 Å². The first-order valence-electron chi connectivity index (χ1n) is 6.45. The Morgan fingerprint density at radius 3 is 2.50 bits per heavy atom. The van der Waals surface area contributed by atoms with Crippen molar-refractivity contribution in [3.05, 3.63) is 39.9 Å². The van der Waals surface area contributed by atoms with Crippen LogP contribution in [0.25, 0.3) is 0 Å². The van der Waals surface area contributed by atoms with Crippen LogP contribution in [-0.2, 0) is 19.9 Å². The van der Waals surface area contributed by atoms with Crippen LogP contribution in [0.4, 0.5) is 0 Å². The SMILES string of the molecule is COc1ccc(OC)c(CCc2c(Br)nc(C)n2C)c1. The fourth-order valence-corrected chi connectivity index (χ4v) is 2.94.